The van der Waals surface area contributed by atoms with Gasteiger partial charge in [0, 0.05) is 6.92 Å². The van der Waals surface area contributed by atoms with Gasteiger partial charge in [0.05, 0.1) is 6.04 Å². The van der Waals surface area contributed by atoms with Crippen LogP contribution in [-0.2, 0) is 4.79 Å². The number of hydrogen-bond donors (Lipinski definition) is 1. The molecule has 0 aliphatic carbocycles. The Hall–Kier alpha value is -1.83. The number of unbranched alkanes of at least 4 members (excludes halogenated alkanes) is 6. The van der Waals surface area contributed by atoms with Crippen molar-refractivity contribution in [2.24, 2.45) is 0 Å². The zero-order chi connectivity index (χ0) is 17.2. The van der Waals surface area contributed by atoms with Crippen LogP contribution in [0.4, 0.5) is 0 Å². The molecule has 0 unspecified atom stereocenters. The van der Waals surface area contributed by atoms with Crippen LogP contribution in [0.2, 0.25) is 0 Å². The number of nitrogens with one attached hydrogen (secondary N) is 1. The van der Waals surface area contributed by atoms with Gasteiger partial charge in [0.15, 0.2) is 0 Å². The molecule has 0 heterocycles. The van der Waals surface area contributed by atoms with Gasteiger partial charge in [-0.15, -0.1) is 0 Å². The van der Waals surface area contributed by atoms with Gasteiger partial charge in [-0.25, -0.2) is 0 Å². The summed E-state index contributed by atoms with van der Waals surface area (Å²) in [5.41, 5.74) is 1.24. The molecule has 2 rings (SSSR count). The number of carbonyl (C=O) groups is 1. The van der Waals surface area contributed by atoms with Gasteiger partial charge in [-0.1, -0.05) is 94.3 Å². The zero-order valence-corrected chi connectivity index (χ0v) is 15.2. The Balaban J connectivity index is 1.98. The predicted octanol–water partition coefficient (Wildman–Crippen LogP) is 6.16. The van der Waals surface area contributed by atoms with Crippen molar-refractivity contribution in [1.29, 1.82) is 0 Å². The van der Waals surface area contributed by atoms with Crippen LogP contribution in [-0.4, -0.2) is 5.91 Å². The Labute approximate surface area is 146 Å². The summed E-state index contributed by atoms with van der Waals surface area (Å²) in [6.07, 6.45) is 10.1. The second-order valence-electron chi connectivity index (χ2n) is 6.73. The molecule has 0 aliphatic heterocycles. The minimum absolute atomic E-state index is 0.0517. The van der Waals surface area contributed by atoms with Crippen molar-refractivity contribution in [3.8, 4) is 0 Å². The Kier molecular flexibility index (Phi) is 7.81. The molecule has 1 N–H and O–H groups in total. The Morgan fingerprint density at radius 3 is 2.33 bits per heavy atom. The third-order valence-electron chi connectivity index (χ3n) is 4.67. The molecule has 0 fully saturated rings. The van der Waals surface area contributed by atoms with E-state index in [0.29, 0.717) is 0 Å². The second-order valence-corrected chi connectivity index (χ2v) is 6.73. The van der Waals surface area contributed by atoms with Crippen molar-refractivity contribution < 1.29 is 4.79 Å². The molecule has 1 amide bonds. The lowest BCUT2D eigenvalue weighted by molar-refractivity contribution is -0.119. The lowest BCUT2D eigenvalue weighted by Crippen LogP contribution is -2.26. The molecular formula is C22H31NO. The highest BCUT2D eigenvalue weighted by Gasteiger charge is 2.14. The molecule has 2 aromatic rings. The van der Waals surface area contributed by atoms with Crippen molar-refractivity contribution in [2.75, 3.05) is 0 Å². The molecule has 0 radical (unpaired) electrons. The Morgan fingerprint density at radius 1 is 0.917 bits per heavy atom. The fourth-order valence-corrected chi connectivity index (χ4v) is 3.41. The minimum atomic E-state index is 0.0517. The first-order chi connectivity index (χ1) is 11.7. The maximum atomic E-state index is 11.7. The van der Waals surface area contributed by atoms with Gasteiger partial charge in [0.25, 0.3) is 0 Å². The van der Waals surface area contributed by atoms with Gasteiger partial charge >= 0.3 is 0 Å². The van der Waals surface area contributed by atoms with Crippen LogP contribution in [0.5, 0.6) is 0 Å². The molecule has 2 heteroatoms. The Bertz CT molecular complexity index is 629. The summed E-state index contributed by atoms with van der Waals surface area (Å²) < 4.78 is 0. The van der Waals surface area contributed by atoms with Crippen molar-refractivity contribution >= 4 is 16.7 Å². The van der Waals surface area contributed by atoms with E-state index in [4.69, 9.17) is 0 Å². The predicted molar refractivity (Wildman–Crippen MR) is 103 cm³/mol. The topological polar surface area (TPSA) is 29.1 Å². The lowest BCUT2D eigenvalue weighted by atomic mass is 9.94. The first-order valence-corrected chi connectivity index (χ1v) is 9.47. The van der Waals surface area contributed by atoms with Crippen molar-refractivity contribution in [1.82, 2.24) is 5.32 Å². The summed E-state index contributed by atoms with van der Waals surface area (Å²) in [4.78, 5) is 11.7. The van der Waals surface area contributed by atoms with Crippen LogP contribution in [0.1, 0.15) is 76.8 Å². The molecule has 0 aromatic heterocycles. The lowest BCUT2D eigenvalue weighted by Gasteiger charge is -2.20. The standard InChI is InChI=1S/C22H31NO/c1-3-4-5-6-7-8-9-17-22(23-18(2)24)21-16-12-14-19-13-10-11-15-20(19)21/h10-16,22H,3-9,17H2,1-2H3,(H,23,24)/t22-/m1/s1. The molecule has 0 saturated heterocycles. The number of fused-ring (bicyclic) bond motifs is 1. The molecular weight excluding hydrogens is 294 g/mol. The summed E-state index contributed by atoms with van der Waals surface area (Å²) in [6, 6.07) is 14.9. The smallest absolute Gasteiger partial charge is 0.217 e. The first-order valence-electron chi connectivity index (χ1n) is 9.47. The van der Waals surface area contributed by atoms with Crippen LogP contribution in [0.3, 0.4) is 0 Å². The van der Waals surface area contributed by atoms with Crippen LogP contribution in [0.25, 0.3) is 10.8 Å². The highest BCUT2D eigenvalue weighted by Crippen LogP contribution is 2.28. The quantitative estimate of drug-likeness (QED) is 0.521. The van der Waals surface area contributed by atoms with Crippen LogP contribution < -0.4 is 5.32 Å². The van der Waals surface area contributed by atoms with Gasteiger partial charge in [0.2, 0.25) is 5.91 Å². The van der Waals surface area contributed by atoms with E-state index >= 15 is 0 Å². The van der Waals surface area contributed by atoms with E-state index < -0.39 is 0 Å². The molecule has 2 aromatic carbocycles. The number of hydrogen-bond acceptors (Lipinski definition) is 1. The molecule has 130 valence electrons. The third kappa shape index (κ3) is 5.67. The molecule has 1 atom stereocenters. The maximum absolute atomic E-state index is 11.7. The summed E-state index contributed by atoms with van der Waals surface area (Å²) in [6.45, 7) is 3.87. The largest absolute Gasteiger partial charge is 0.350 e. The van der Waals surface area contributed by atoms with E-state index in [1.54, 1.807) is 6.92 Å². The highest BCUT2D eigenvalue weighted by molar-refractivity contribution is 5.86. The van der Waals surface area contributed by atoms with E-state index in [0.717, 1.165) is 6.42 Å². The number of rotatable bonds is 10. The van der Waals surface area contributed by atoms with Gasteiger partial charge in [-0.05, 0) is 22.8 Å². The van der Waals surface area contributed by atoms with E-state index in [9.17, 15) is 4.79 Å². The van der Waals surface area contributed by atoms with Crippen molar-refractivity contribution in [3.63, 3.8) is 0 Å². The zero-order valence-electron chi connectivity index (χ0n) is 15.2. The average Bonchev–Trinajstić information content (AvgIpc) is 2.59. The summed E-state index contributed by atoms with van der Waals surface area (Å²) >= 11 is 0. The third-order valence-corrected chi connectivity index (χ3v) is 4.67. The molecule has 0 spiro atoms. The fourth-order valence-electron chi connectivity index (χ4n) is 3.41. The van der Waals surface area contributed by atoms with Gasteiger partial charge < -0.3 is 5.32 Å². The molecule has 0 saturated carbocycles. The molecule has 2 nitrogen and oxygen atoms in total. The van der Waals surface area contributed by atoms with Gasteiger partial charge in [-0.3, -0.25) is 4.79 Å². The minimum Gasteiger partial charge on any atom is -0.350 e. The number of benzene rings is 2. The average molecular weight is 325 g/mol. The fraction of sp³-hybridized carbons (Fsp3) is 0.500. The molecule has 0 bridgehead atoms. The van der Waals surface area contributed by atoms with Crippen molar-refractivity contribution in [2.45, 2.75) is 71.3 Å². The van der Waals surface area contributed by atoms with Crippen molar-refractivity contribution in [3.05, 3.63) is 48.0 Å². The van der Waals surface area contributed by atoms with E-state index in [1.165, 1.54) is 61.3 Å². The second kappa shape index (κ2) is 10.1. The maximum Gasteiger partial charge on any atom is 0.217 e. The monoisotopic (exact) mass is 325 g/mol. The highest BCUT2D eigenvalue weighted by atomic mass is 16.1. The van der Waals surface area contributed by atoms with Crippen LogP contribution in [0, 0.1) is 0 Å². The number of carbonyl (C=O) groups excluding carboxylic acids is 1. The SMILES string of the molecule is CCCCCCCCC[C@@H](NC(C)=O)c1cccc2ccccc12. The summed E-state index contributed by atoms with van der Waals surface area (Å²) in [5, 5.41) is 5.65. The normalized spacial score (nSPS) is 12.2. The van der Waals surface area contributed by atoms with Gasteiger partial charge in [0.1, 0.15) is 0 Å². The molecule has 0 aliphatic rings. The van der Waals surface area contributed by atoms with Gasteiger partial charge in [-0.2, -0.15) is 0 Å². The van der Waals surface area contributed by atoms with E-state index in [2.05, 4.69) is 54.7 Å². The van der Waals surface area contributed by atoms with E-state index in [-0.39, 0.29) is 11.9 Å². The molecule has 24 heavy (non-hydrogen) atoms. The number of amides is 1. The first kappa shape index (κ1) is 18.5. The van der Waals surface area contributed by atoms with Crippen LogP contribution >= 0.6 is 0 Å². The summed E-state index contributed by atoms with van der Waals surface area (Å²) in [5.74, 6) is 0.0517. The van der Waals surface area contributed by atoms with Crippen LogP contribution in [0.15, 0.2) is 42.5 Å². The van der Waals surface area contributed by atoms with E-state index in [1.807, 2.05) is 0 Å². The Morgan fingerprint density at radius 2 is 1.58 bits per heavy atom. The summed E-state index contributed by atoms with van der Waals surface area (Å²) in [7, 11) is 0.